The Morgan fingerprint density at radius 2 is 2.29 bits per heavy atom. The zero-order valence-electron chi connectivity index (χ0n) is 9.69. The number of nitrogens with two attached hydrogens (primary N) is 1. The van der Waals surface area contributed by atoms with E-state index in [0.29, 0.717) is 13.0 Å². The van der Waals surface area contributed by atoms with Crippen LogP contribution in [-0.4, -0.2) is 11.5 Å². The van der Waals surface area contributed by atoms with Gasteiger partial charge in [0.05, 0.1) is 10.7 Å². The average molecular weight is 250 g/mol. The van der Waals surface area contributed by atoms with Crippen LogP contribution >= 0.6 is 11.3 Å². The molecule has 2 rings (SSSR count). The molecule has 1 aromatic carbocycles. The maximum Gasteiger partial charge on any atom is 0.123 e. The van der Waals surface area contributed by atoms with Gasteiger partial charge in [-0.15, -0.1) is 11.3 Å². The summed E-state index contributed by atoms with van der Waals surface area (Å²) in [5.74, 6) is 0.0853. The summed E-state index contributed by atoms with van der Waals surface area (Å²) in [4.78, 5) is 4.52. The number of thiazole rings is 1. The standard InChI is InChI=1S/C13H15FN2S/c1-9(7-15)12-8-17-13(16-12)6-10-3-2-4-11(14)5-10/h2-5,8-9H,6-7,15H2,1H3. The molecule has 1 unspecified atom stereocenters. The normalized spacial score (nSPS) is 12.6. The van der Waals surface area contributed by atoms with Gasteiger partial charge in [-0.25, -0.2) is 9.37 Å². The molecule has 0 radical (unpaired) electrons. The van der Waals surface area contributed by atoms with Crippen molar-refractivity contribution in [3.8, 4) is 0 Å². The van der Waals surface area contributed by atoms with Crippen molar-refractivity contribution >= 4 is 11.3 Å². The largest absolute Gasteiger partial charge is 0.330 e. The van der Waals surface area contributed by atoms with Gasteiger partial charge in [-0.2, -0.15) is 0 Å². The van der Waals surface area contributed by atoms with Crippen molar-refractivity contribution in [1.29, 1.82) is 0 Å². The maximum atomic E-state index is 13.0. The minimum atomic E-state index is -0.199. The first-order valence-corrected chi connectivity index (χ1v) is 6.46. The van der Waals surface area contributed by atoms with Crippen LogP contribution in [0.25, 0.3) is 0 Å². The minimum Gasteiger partial charge on any atom is -0.330 e. The van der Waals surface area contributed by atoms with E-state index in [0.717, 1.165) is 16.3 Å². The molecule has 0 fully saturated rings. The Kier molecular flexibility index (Phi) is 3.86. The highest BCUT2D eigenvalue weighted by molar-refractivity contribution is 7.09. The zero-order chi connectivity index (χ0) is 12.3. The van der Waals surface area contributed by atoms with Crippen molar-refractivity contribution in [1.82, 2.24) is 4.98 Å². The van der Waals surface area contributed by atoms with E-state index in [1.54, 1.807) is 23.5 Å². The van der Waals surface area contributed by atoms with E-state index < -0.39 is 0 Å². The van der Waals surface area contributed by atoms with Crippen molar-refractivity contribution in [2.45, 2.75) is 19.3 Å². The first kappa shape index (κ1) is 12.2. The first-order valence-electron chi connectivity index (χ1n) is 5.58. The van der Waals surface area contributed by atoms with Crippen molar-refractivity contribution in [3.05, 3.63) is 51.7 Å². The molecule has 0 saturated heterocycles. The fourth-order valence-electron chi connectivity index (χ4n) is 1.57. The summed E-state index contributed by atoms with van der Waals surface area (Å²) < 4.78 is 13.0. The van der Waals surface area contributed by atoms with Crippen LogP contribution in [0.3, 0.4) is 0 Å². The SMILES string of the molecule is CC(CN)c1csc(Cc2cccc(F)c2)n1. The summed E-state index contributed by atoms with van der Waals surface area (Å²) >= 11 is 1.60. The molecule has 1 heterocycles. The number of hydrogen-bond acceptors (Lipinski definition) is 3. The third-order valence-electron chi connectivity index (χ3n) is 2.67. The van der Waals surface area contributed by atoms with Gasteiger partial charge in [0.1, 0.15) is 5.82 Å². The maximum absolute atomic E-state index is 13.0. The lowest BCUT2D eigenvalue weighted by atomic mass is 10.1. The molecule has 17 heavy (non-hydrogen) atoms. The van der Waals surface area contributed by atoms with E-state index in [2.05, 4.69) is 11.9 Å². The van der Waals surface area contributed by atoms with Crippen LogP contribution in [0.5, 0.6) is 0 Å². The quantitative estimate of drug-likeness (QED) is 0.906. The second-order valence-corrected chi connectivity index (χ2v) is 5.05. The lowest BCUT2D eigenvalue weighted by molar-refractivity contribution is 0.626. The monoisotopic (exact) mass is 250 g/mol. The number of nitrogens with zero attached hydrogens (tertiary/aromatic N) is 1. The third kappa shape index (κ3) is 3.11. The molecule has 90 valence electrons. The summed E-state index contributed by atoms with van der Waals surface area (Å²) in [5, 5.41) is 3.04. The Morgan fingerprint density at radius 3 is 3.00 bits per heavy atom. The molecule has 0 aliphatic rings. The van der Waals surface area contributed by atoms with E-state index in [-0.39, 0.29) is 11.7 Å². The van der Waals surface area contributed by atoms with E-state index >= 15 is 0 Å². The van der Waals surface area contributed by atoms with Crippen LogP contribution in [0.2, 0.25) is 0 Å². The fraction of sp³-hybridized carbons (Fsp3) is 0.308. The number of hydrogen-bond donors (Lipinski definition) is 1. The molecule has 2 N–H and O–H groups in total. The highest BCUT2D eigenvalue weighted by Gasteiger charge is 2.09. The Balaban J connectivity index is 2.11. The molecule has 4 heteroatoms. The molecule has 0 aliphatic carbocycles. The van der Waals surface area contributed by atoms with Gasteiger partial charge in [0, 0.05) is 24.3 Å². The van der Waals surface area contributed by atoms with E-state index in [4.69, 9.17) is 5.73 Å². The smallest absolute Gasteiger partial charge is 0.123 e. The van der Waals surface area contributed by atoms with E-state index in [1.165, 1.54) is 6.07 Å². The van der Waals surface area contributed by atoms with Gasteiger partial charge in [0.2, 0.25) is 0 Å². The third-order valence-corrected chi connectivity index (χ3v) is 3.54. The van der Waals surface area contributed by atoms with Crippen LogP contribution in [0.15, 0.2) is 29.6 Å². The minimum absolute atomic E-state index is 0.199. The van der Waals surface area contributed by atoms with Gasteiger partial charge in [-0.05, 0) is 17.7 Å². The summed E-state index contributed by atoms with van der Waals surface area (Å²) in [5.41, 5.74) is 7.58. The fourth-order valence-corrected chi connectivity index (χ4v) is 2.52. The molecular formula is C13H15FN2S. The van der Waals surface area contributed by atoms with Gasteiger partial charge in [-0.1, -0.05) is 19.1 Å². The van der Waals surface area contributed by atoms with Crippen molar-refractivity contribution in [2.24, 2.45) is 5.73 Å². The topological polar surface area (TPSA) is 38.9 Å². The lowest BCUT2D eigenvalue weighted by Crippen LogP contribution is -2.09. The van der Waals surface area contributed by atoms with Crippen LogP contribution < -0.4 is 5.73 Å². The predicted octanol–water partition coefficient (Wildman–Crippen LogP) is 2.94. The van der Waals surface area contributed by atoms with Crippen LogP contribution in [0.1, 0.15) is 29.1 Å². The summed E-state index contributed by atoms with van der Waals surface area (Å²) in [6.45, 7) is 2.66. The van der Waals surface area contributed by atoms with Gasteiger partial charge in [0.25, 0.3) is 0 Å². The van der Waals surface area contributed by atoms with Crippen LogP contribution in [0, 0.1) is 5.82 Å². The van der Waals surface area contributed by atoms with Crippen molar-refractivity contribution in [3.63, 3.8) is 0 Å². The Bertz CT molecular complexity index is 496. The number of aromatic nitrogens is 1. The molecule has 0 amide bonds. The van der Waals surface area contributed by atoms with Crippen LogP contribution in [0.4, 0.5) is 4.39 Å². The zero-order valence-corrected chi connectivity index (χ0v) is 10.5. The molecule has 0 spiro atoms. The van der Waals surface area contributed by atoms with Crippen molar-refractivity contribution < 1.29 is 4.39 Å². The summed E-state index contributed by atoms with van der Waals surface area (Å²) in [7, 11) is 0. The second-order valence-electron chi connectivity index (χ2n) is 4.11. The Morgan fingerprint density at radius 1 is 1.47 bits per heavy atom. The molecule has 1 atom stereocenters. The first-order chi connectivity index (χ1) is 8.19. The summed E-state index contributed by atoms with van der Waals surface area (Å²) in [6, 6.07) is 6.64. The van der Waals surface area contributed by atoms with E-state index in [1.807, 2.05) is 11.4 Å². The highest BCUT2D eigenvalue weighted by Crippen LogP contribution is 2.20. The molecule has 2 aromatic rings. The molecule has 0 bridgehead atoms. The predicted molar refractivity (Wildman–Crippen MR) is 68.8 cm³/mol. The van der Waals surface area contributed by atoms with Gasteiger partial charge < -0.3 is 5.73 Å². The van der Waals surface area contributed by atoms with Crippen molar-refractivity contribution in [2.75, 3.05) is 6.54 Å². The average Bonchev–Trinajstić information content (AvgIpc) is 2.76. The highest BCUT2D eigenvalue weighted by atomic mass is 32.1. The summed E-state index contributed by atoms with van der Waals surface area (Å²) in [6.07, 6.45) is 0.680. The van der Waals surface area contributed by atoms with Crippen LogP contribution in [-0.2, 0) is 6.42 Å². The lowest BCUT2D eigenvalue weighted by Gasteiger charge is -2.02. The van der Waals surface area contributed by atoms with Gasteiger partial charge in [0.15, 0.2) is 0 Å². The van der Waals surface area contributed by atoms with Gasteiger partial charge >= 0.3 is 0 Å². The molecule has 1 aromatic heterocycles. The second kappa shape index (κ2) is 5.38. The molecule has 2 nitrogen and oxygen atoms in total. The number of rotatable bonds is 4. The Labute approximate surface area is 104 Å². The number of halogens is 1. The molecule has 0 aliphatic heterocycles. The molecular weight excluding hydrogens is 235 g/mol. The van der Waals surface area contributed by atoms with Gasteiger partial charge in [-0.3, -0.25) is 0 Å². The number of benzene rings is 1. The Hall–Kier alpha value is -1.26. The molecule has 0 saturated carbocycles. The van der Waals surface area contributed by atoms with E-state index in [9.17, 15) is 4.39 Å².